The second-order valence-corrected chi connectivity index (χ2v) is 5.13. The Morgan fingerprint density at radius 2 is 2.35 bits per heavy atom. The lowest BCUT2D eigenvalue weighted by molar-refractivity contribution is -0.124. The minimum Gasteiger partial charge on any atom is -0.393 e. The van der Waals surface area contributed by atoms with Crippen LogP contribution >= 0.6 is 0 Å². The zero-order valence-electron chi connectivity index (χ0n) is 11.8. The number of aromatic nitrogens is 1. The summed E-state index contributed by atoms with van der Waals surface area (Å²) in [6.07, 6.45) is 3.27. The van der Waals surface area contributed by atoms with Crippen molar-refractivity contribution in [3.63, 3.8) is 0 Å². The molecular formula is C15H22N2O3. The number of carbonyl (C=O) groups is 1. The Bertz CT molecular complexity index is 418. The van der Waals surface area contributed by atoms with E-state index in [1.807, 2.05) is 25.1 Å². The molecular weight excluding hydrogens is 256 g/mol. The van der Waals surface area contributed by atoms with Crippen LogP contribution < -0.4 is 5.32 Å². The van der Waals surface area contributed by atoms with Crippen molar-refractivity contribution in [3.05, 3.63) is 30.1 Å². The fraction of sp³-hybridized carbons (Fsp3) is 0.600. The molecule has 1 heterocycles. The molecule has 0 spiro atoms. The summed E-state index contributed by atoms with van der Waals surface area (Å²) in [7, 11) is 0. The van der Waals surface area contributed by atoms with Crippen LogP contribution in [0.1, 0.15) is 37.9 Å². The largest absolute Gasteiger partial charge is 0.393 e. The van der Waals surface area contributed by atoms with Crippen LogP contribution in [0.3, 0.4) is 0 Å². The van der Waals surface area contributed by atoms with E-state index in [9.17, 15) is 9.90 Å². The van der Waals surface area contributed by atoms with E-state index >= 15 is 0 Å². The number of hydrogen-bond donors (Lipinski definition) is 2. The van der Waals surface area contributed by atoms with E-state index in [4.69, 9.17) is 4.74 Å². The minimum absolute atomic E-state index is 0.0320. The highest BCUT2D eigenvalue weighted by Crippen LogP contribution is 2.37. The highest BCUT2D eigenvalue weighted by atomic mass is 16.5. The van der Waals surface area contributed by atoms with Gasteiger partial charge in [0.1, 0.15) is 0 Å². The smallest absolute Gasteiger partial charge is 0.222 e. The second kappa shape index (κ2) is 7.36. The lowest BCUT2D eigenvalue weighted by atomic mass is 9.76. The van der Waals surface area contributed by atoms with Gasteiger partial charge in [0.2, 0.25) is 5.91 Å². The van der Waals surface area contributed by atoms with E-state index in [-0.39, 0.29) is 24.0 Å². The molecule has 1 aliphatic carbocycles. The SMILES string of the molecule is CCOCCC(=O)N[C@H](c1ccccn1)C1CC(O)C1. The summed E-state index contributed by atoms with van der Waals surface area (Å²) in [5.41, 5.74) is 0.856. The molecule has 0 aromatic carbocycles. The maximum atomic E-state index is 11.9. The average Bonchev–Trinajstić information content (AvgIpc) is 2.43. The van der Waals surface area contributed by atoms with Crippen molar-refractivity contribution >= 4 is 5.91 Å². The first-order valence-electron chi connectivity index (χ1n) is 7.16. The summed E-state index contributed by atoms with van der Waals surface area (Å²) < 4.78 is 5.19. The third kappa shape index (κ3) is 4.02. The molecule has 1 fully saturated rings. The van der Waals surface area contributed by atoms with E-state index in [1.54, 1.807) is 6.20 Å². The van der Waals surface area contributed by atoms with Gasteiger partial charge in [-0.1, -0.05) is 6.07 Å². The second-order valence-electron chi connectivity index (χ2n) is 5.13. The Hall–Kier alpha value is -1.46. The summed E-state index contributed by atoms with van der Waals surface area (Å²) in [6, 6.07) is 5.57. The van der Waals surface area contributed by atoms with Crippen LogP contribution in [0.5, 0.6) is 0 Å². The van der Waals surface area contributed by atoms with Gasteiger partial charge in [-0.15, -0.1) is 0 Å². The quantitative estimate of drug-likeness (QED) is 0.740. The number of hydrogen-bond acceptors (Lipinski definition) is 4. The van der Waals surface area contributed by atoms with Gasteiger partial charge in [-0.3, -0.25) is 9.78 Å². The van der Waals surface area contributed by atoms with Crippen molar-refractivity contribution in [1.29, 1.82) is 0 Å². The van der Waals surface area contributed by atoms with E-state index in [2.05, 4.69) is 10.3 Å². The molecule has 20 heavy (non-hydrogen) atoms. The van der Waals surface area contributed by atoms with Crippen molar-refractivity contribution in [2.75, 3.05) is 13.2 Å². The zero-order valence-corrected chi connectivity index (χ0v) is 11.8. The van der Waals surface area contributed by atoms with Gasteiger partial charge in [-0.2, -0.15) is 0 Å². The molecule has 2 N–H and O–H groups in total. The van der Waals surface area contributed by atoms with Gasteiger partial charge in [0.25, 0.3) is 0 Å². The summed E-state index contributed by atoms with van der Waals surface area (Å²) in [5.74, 6) is 0.228. The van der Waals surface area contributed by atoms with Gasteiger partial charge >= 0.3 is 0 Å². The van der Waals surface area contributed by atoms with Crippen molar-refractivity contribution in [3.8, 4) is 0 Å². The van der Waals surface area contributed by atoms with E-state index < -0.39 is 0 Å². The van der Waals surface area contributed by atoms with Crippen LogP contribution in [-0.2, 0) is 9.53 Å². The highest BCUT2D eigenvalue weighted by Gasteiger charge is 2.36. The molecule has 5 nitrogen and oxygen atoms in total. The van der Waals surface area contributed by atoms with E-state index in [0.29, 0.717) is 32.5 Å². The molecule has 1 aliphatic rings. The van der Waals surface area contributed by atoms with Crippen LogP contribution in [0.2, 0.25) is 0 Å². The fourth-order valence-electron chi connectivity index (χ4n) is 2.45. The number of rotatable bonds is 7. The number of carbonyl (C=O) groups excluding carboxylic acids is 1. The normalized spacial score (nSPS) is 22.9. The van der Waals surface area contributed by atoms with Gasteiger partial charge < -0.3 is 15.2 Å². The van der Waals surface area contributed by atoms with Crippen molar-refractivity contribution in [1.82, 2.24) is 10.3 Å². The molecule has 0 bridgehead atoms. The maximum absolute atomic E-state index is 11.9. The van der Waals surface area contributed by atoms with Crippen LogP contribution in [0.15, 0.2) is 24.4 Å². The number of ether oxygens (including phenoxy) is 1. The van der Waals surface area contributed by atoms with Gasteiger partial charge in [0.15, 0.2) is 0 Å². The molecule has 1 amide bonds. The lowest BCUT2D eigenvalue weighted by Crippen LogP contribution is -2.42. The highest BCUT2D eigenvalue weighted by molar-refractivity contribution is 5.76. The van der Waals surface area contributed by atoms with Crippen LogP contribution in [0, 0.1) is 5.92 Å². The van der Waals surface area contributed by atoms with Crippen molar-refractivity contribution in [2.24, 2.45) is 5.92 Å². The number of aliphatic hydroxyl groups is 1. The first-order valence-corrected chi connectivity index (χ1v) is 7.16. The third-order valence-electron chi connectivity index (χ3n) is 3.62. The molecule has 5 heteroatoms. The first-order chi connectivity index (χ1) is 9.70. The fourth-order valence-corrected chi connectivity index (χ4v) is 2.45. The predicted molar refractivity (Wildman–Crippen MR) is 75.0 cm³/mol. The zero-order chi connectivity index (χ0) is 14.4. The Morgan fingerprint density at radius 3 is 2.95 bits per heavy atom. The van der Waals surface area contributed by atoms with E-state index in [0.717, 1.165) is 5.69 Å². The number of nitrogens with one attached hydrogen (secondary N) is 1. The summed E-state index contributed by atoms with van der Waals surface area (Å²) in [6.45, 7) is 2.96. The van der Waals surface area contributed by atoms with Gasteiger partial charge in [-0.25, -0.2) is 0 Å². The average molecular weight is 278 g/mol. The Kier molecular flexibility index (Phi) is 5.49. The number of pyridine rings is 1. The predicted octanol–water partition coefficient (Wildman–Crippen LogP) is 1.44. The topological polar surface area (TPSA) is 71.5 Å². The maximum Gasteiger partial charge on any atom is 0.222 e. The molecule has 0 saturated heterocycles. The van der Waals surface area contributed by atoms with Gasteiger partial charge in [0, 0.05) is 19.2 Å². The molecule has 0 radical (unpaired) electrons. The van der Waals surface area contributed by atoms with Gasteiger partial charge in [0.05, 0.1) is 24.4 Å². The molecule has 110 valence electrons. The molecule has 2 rings (SSSR count). The lowest BCUT2D eigenvalue weighted by Gasteiger charge is -2.37. The Balaban J connectivity index is 1.95. The van der Waals surface area contributed by atoms with E-state index in [1.165, 1.54) is 0 Å². The van der Waals surface area contributed by atoms with Crippen LogP contribution in [-0.4, -0.2) is 35.3 Å². The molecule has 1 aromatic rings. The standard InChI is InChI=1S/C15H22N2O3/c1-2-20-8-6-14(19)17-15(11-9-12(18)10-11)13-5-3-4-7-16-13/h3-5,7,11-12,15,18H,2,6,8-10H2,1H3,(H,17,19)/t11?,12?,15-/m0/s1. The first kappa shape index (κ1) is 14.9. The number of nitrogens with zero attached hydrogens (tertiary/aromatic N) is 1. The van der Waals surface area contributed by atoms with Crippen molar-refractivity contribution < 1.29 is 14.6 Å². The Morgan fingerprint density at radius 1 is 1.55 bits per heavy atom. The summed E-state index contributed by atoms with van der Waals surface area (Å²) in [4.78, 5) is 16.3. The summed E-state index contributed by atoms with van der Waals surface area (Å²) in [5, 5.41) is 12.5. The van der Waals surface area contributed by atoms with Crippen LogP contribution in [0.25, 0.3) is 0 Å². The number of amides is 1. The van der Waals surface area contributed by atoms with Gasteiger partial charge in [-0.05, 0) is 37.8 Å². The molecule has 0 aliphatic heterocycles. The summed E-state index contributed by atoms with van der Waals surface area (Å²) >= 11 is 0. The Labute approximate surface area is 119 Å². The van der Waals surface area contributed by atoms with Crippen LogP contribution in [0.4, 0.5) is 0 Å². The molecule has 0 unspecified atom stereocenters. The molecule has 1 aromatic heterocycles. The third-order valence-corrected chi connectivity index (χ3v) is 3.62. The molecule has 1 saturated carbocycles. The minimum atomic E-state index is -0.244. The molecule has 1 atom stereocenters. The van der Waals surface area contributed by atoms with Crippen molar-refractivity contribution in [2.45, 2.75) is 38.3 Å². The monoisotopic (exact) mass is 278 g/mol. The number of aliphatic hydroxyl groups excluding tert-OH is 1.